The molecule has 2 aromatic heterocycles. The molecule has 0 bridgehead atoms. The van der Waals surface area contributed by atoms with Crippen molar-refractivity contribution in [2.24, 2.45) is 0 Å². The summed E-state index contributed by atoms with van der Waals surface area (Å²) in [5, 5.41) is 3.31. The fraction of sp³-hybridized carbons (Fsp3) is 0.400. The van der Waals surface area contributed by atoms with Gasteiger partial charge < -0.3 is 10.2 Å². The van der Waals surface area contributed by atoms with E-state index in [0.717, 1.165) is 59.6 Å². The van der Waals surface area contributed by atoms with Crippen LogP contribution in [0.5, 0.6) is 0 Å². The van der Waals surface area contributed by atoms with E-state index in [4.69, 9.17) is 16.6 Å². The quantitative estimate of drug-likeness (QED) is 0.274. The Hall–Kier alpha value is -2.81. The number of piperazine rings is 1. The number of hydrogen-bond donors (Lipinski definition) is 1. The fourth-order valence-electron chi connectivity index (χ4n) is 5.18. The molecule has 5 rings (SSSR count). The third kappa shape index (κ3) is 7.87. The molecule has 1 N–H and O–H groups in total. The number of benzene rings is 1. The summed E-state index contributed by atoms with van der Waals surface area (Å²) in [4.78, 5) is 35.8. The first-order chi connectivity index (χ1) is 19.0. The van der Waals surface area contributed by atoms with Crippen LogP contribution in [-0.4, -0.2) is 58.3 Å². The van der Waals surface area contributed by atoms with Gasteiger partial charge in [-0.2, -0.15) is 0 Å². The second-order valence-corrected chi connectivity index (χ2v) is 11.2. The average Bonchev–Trinajstić information content (AvgIpc) is 3.10. The van der Waals surface area contributed by atoms with Crippen molar-refractivity contribution in [3.63, 3.8) is 0 Å². The molecule has 1 saturated heterocycles. The van der Waals surface area contributed by atoms with Gasteiger partial charge in [0.1, 0.15) is 0 Å². The van der Waals surface area contributed by atoms with Gasteiger partial charge in [-0.25, -0.2) is 0 Å². The number of pyridine rings is 2. The summed E-state index contributed by atoms with van der Waals surface area (Å²) in [5.41, 5.74) is 5.82. The molecule has 39 heavy (non-hydrogen) atoms. The molecule has 1 fully saturated rings. The second kappa shape index (κ2) is 14.5. The molecule has 0 radical (unpaired) electrons. The molecule has 1 aliphatic carbocycles. The van der Waals surface area contributed by atoms with Crippen molar-refractivity contribution in [2.45, 2.75) is 51.6 Å². The monoisotopic (exact) mass is 611 g/mol. The molecular weight excluding hydrogens is 578 g/mol. The number of carbonyl (C=O) groups is 2. The fourth-order valence-corrected chi connectivity index (χ4v) is 5.75. The third-order valence-electron chi connectivity index (χ3n) is 7.15. The number of hydrogen-bond acceptors (Lipinski definition) is 5. The molecule has 7 nitrogen and oxygen atoms in total. The first kappa shape index (κ1) is 29.2. The van der Waals surface area contributed by atoms with Gasteiger partial charge in [-0.3, -0.25) is 24.5 Å². The zero-order valence-electron chi connectivity index (χ0n) is 22.3. The van der Waals surface area contributed by atoms with Crippen LogP contribution in [-0.2, 0) is 29.0 Å². The smallest absolute Gasteiger partial charge is 0.236 e. The molecule has 0 saturated carbocycles. The molecule has 9 heteroatoms. The van der Waals surface area contributed by atoms with E-state index in [2.05, 4.69) is 56.3 Å². The van der Waals surface area contributed by atoms with Crippen molar-refractivity contribution in [2.75, 3.05) is 26.2 Å². The molecule has 1 atom stereocenters. The topological polar surface area (TPSA) is 78.4 Å². The normalized spacial score (nSPS) is 16.8. The Morgan fingerprint density at radius 1 is 1.13 bits per heavy atom. The number of carbonyl (C=O) groups excluding carboxylic acids is 2. The van der Waals surface area contributed by atoms with E-state index >= 15 is 0 Å². The molecule has 3 heterocycles. The highest BCUT2D eigenvalue weighted by atomic mass is 79.9. The predicted octanol–water partition coefficient (Wildman–Crippen LogP) is 5.35. The lowest BCUT2D eigenvalue weighted by molar-refractivity contribution is -0.136. The van der Waals surface area contributed by atoms with Gasteiger partial charge in [-0.1, -0.05) is 43.5 Å². The van der Waals surface area contributed by atoms with Crippen LogP contribution in [0.15, 0.2) is 59.5 Å². The van der Waals surface area contributed by atoms with E-state index in [1.54, 1.807) is 12.4 Å². The van der Waals surface area contributed by atoms with Gasteiger partial charge in [0, 0.05) is 54.3 Å². The number of halogens is 2. The van der Waals surface area contributed by atoms with Crippen molar-refractivity contribution < 1.29 is 9.59 Å². The summed E-state index contributed by atoms with van der Waals surface area (Å²) >= 11 is 9.87. The number of fused-ring (bicyclic) bond motifs is 2. The summed E-state index contributed by atoms with van der Waals surface area (Å²) in [6.07, 6.45) is 11.3. The van der Waals surface area contributed by atoms with Crippen LogP contribution in [0.2, 0.25) is 5.02 Å². The van der Waals surface area contributed by atoms with Crippen molar-refractivity contribution in [1.82, 2.24) is 25.1 Å². The van der Waals surface area contributed by atoms with Crippen molar-refractivity contribution >= 4 is 39.8 Å². The van der Waals surface area contributed by atoms with Gasteiger partial charge in [-0.05, 0) is 81.7 Å². The van der Waals surface area contributed by atoms with Crippen LogP contribution in [0.4, 0.5) is 0 Å². The van der Waals surface area contributed by atoms with Crippen LogP contribution >= 0.6 is 27.5 Å². The minimum absolute atomic E-state index is 0.00499. The van der Waals surface area contributed by atoms with Crippen LogP contribution in [0, 0.1) is 0 Å². The third-order valence-corrected chi connectivity index (χ3v) is 7.82. The first-order valence-electron chi connectivity index (χ1n) is 13.5. The lowest BCUT2D eigenvalue weighted by Gasteiger charge is -2.39. The Labute approximate surface area is 244 Å². The Morgan fingerprint density at radius 2 is 1.97 bits per heavy atom. The molecule has 1 aliphatic heterocycles. The highest BCUT2D eigenvalue weighted by molar-refractivity contribution is 9.10. The number of nitrogens with one attached hydrogen (secondary N) is 1. The Morgan fingerprint density at radius 3 is 2.72 bits per heavy atom. The average molecular weight is 613 g/mol. The molecule has 1 aromatic carbocycles. The maximum absolute atomic E-state index is 12.9. The van der Waals surface area contributed by atoms with Gasteiger partial charge in [0.05, 0.1) is 18.3 Å². The van der Waals surface area contributed by atoms with Crippen molar-refractivity contribution in [3.8, 4) is 0 Å². The predicted molar refractivity (Wildman–Crippen MR) is 157 cm³/mol. The molecule has 3 aromatic rings. The Kier molecular flexibility index (Phi) is 10.9. The lowest BCUT2D eigenvalue weighted by atomic mass is 9.96. The lowest BCUT2D eigenvalue weighted by Crippen LogP contribution is -2.51. The minimum Gasteiger partial charge on any atom is -0.355 e. The molecule has 1 unspecified atom stereocenters. The van der Waals surface area contributed by atoms with Crippen molar-refractivity contribution in [3.05, 3.63) is 92.4 Å². The highest BCUT2D eigenvalue weighted by Gasteiger charge is 2.34. The van der Waals surface area contributed by atoms with Gasteiger partial charge in [0.2, 0.25) is 12.3 Å². The number of aromatic nitrogens is 2. The Balaban J connectivity index is 0.000000298. The first-order valence-corrected chi connectivity index (χ1v) is 14.7. The van der Waals surface area contributed by atoms with Crippen LogP contribution in [0.3, 0.4) is 0 Å². The van der Waals surface area contributed by atoms with Crippen LogP contribution in [0.25, 0.3) is 0 Å². The van der Waals surface area contributed by atoms with Gasteiger partial charge >= 0.3 is 0 Å². The highest BCUT2D eigenvalue weighted by Crippen LogP contribution is 2.38. The van der Waals surface area contributed by atoms with Crippen LogP contribution in [0.1, 0.15) is 60.2 Å². The maximum Gasteiger partial charge on any atom is 0.236 e. The second-order valence-electron chi connectivity index (χ2n) is 9.86. The zero-order valence-corrected chi connectivity index (χ0v) is 24.6. The van der Waals surface area contributed by atoms with Crippen LogP contribution < -0.4 is 5.32 Å². The van der Waals surface area contributed by atoms with E-state index in [9.17, 15) is 9.59 Å². The van der Waals surface area contributed by atoms with Crippen molar-refractivity contribution in [1.29, 1.82) is 0 Å². The summed E-state index contributed by atoms with van der Waals surface area (Å²) in [6.45, 7) is 5.71. The number of nitrogens with zero attached hydrogens (tertiary/aromatic N) is 4. The summed E-state index contributed by atoms with van der Waals surface area (Å²) < 4.78 is 0.996. The minimum atomic E-state index is -0.00499. The molecule has 2 amide bonds. The van der Waals surface area contributed by atoms with E-state index in [0.29, 0.717) is 19.5 Å². The van der Waals surface area contributed by atoms with E-state index in [1.807, 2.05) is 29.3 Å². The number of unbranched alkanes of at least 4 members (excludes halogenated alkanes) is 2. The maximum atomic E-state index is 12.9. The van der Waals surface area contributed by atoms with Gasteiger partial charge in [0.15, 0.2) is 0 Å². The van der Waals surface area contributed by atoms with E-state index in [1.165, 1.54) is 29.5 Å². The molecule has 206 valence electrons. The summed E-state index contributed by atoms with van der Waals surface area (Å²) in [7, 11) is 0. The largest absolute Gasteiger partial charge is 0.355 e. The molecule has 0 spiro atoms. The summed E-state index contributed by atoms with van der Waals surface area (Å²) in [6, 6.07) is 12.1. The number of aryl methyl sites for hydroxylation is 2. The standard InChI is InChI=1S/C23H27BrClN3O.C7H8N2O/c1-2-3-4-9-27-10-11-28(15-21(27)29)23-20-8-7-19(25)13-16(20)5-6-17-12-18(24)14-26-22(17)23;10-6-9-5-7-2-1-3-8-4-7/h7-8,12-14,23H,2-6,9-11,15H2,1H3;1-4,6H,5H2,(H,9,10). The Bertz CT molecular complexity index is 1210. The SMILES string of the molecule is CCCCCN1CCN(C2c3ccc(Cl)cc3CCc3cc(Br)cnc32)CC1=O.O=CNCc1cccnc1. The van der Waals surface area contributed by atoms with Gasteiger partial charge in [-0.15, -0.1) is 0 Å². The number of amides is 2. The van der Waals surface area contributed by atoms with Gasteiger partial charge in [0.25, 0.3) is 0 Å². The zero-order chi connectivity index (χ0) is 27.6. The van der Waals surface area contributed by atoms with E-state index in [-0.39, 0.29) is 11.9 Å². The van der Waals surface area contributed by atoms with E-state index < -0.39 is 0 Å². The molecule has 2 aliphatic rings. The molecular formula is C30H35BrClN5O2. The summed E-state index contributed by atoms with van der Waals surface area (Å²) in [5.74, 6) is 0.228. The number of rotatable bonds is 8.